The third kappa shape index (κ3) is 39.3. The zero-order valence-corrected chi connectivity index (χ0v) is 9.59. The third-order valence-electron chi connectivity index (χ3n) is 0.512. The Morgan fingerprint density at radius 2 is 1.56 bits per heavy atom. The topological polar surface area (TPSA) is 80.2 Å². The Labute approximate surface area is 111 Å². The summed E-state index contributed by atoms with van der Waals surface area (Å²) in [5, 5.41) is 8.07. The average Bonchev–Trinajstić information content (AvgIpc) is 1.41. The van der Waals surface area contributed by atoms with E-state index in [1.54, 1.807) is 0 Å². The van der Waals surface area contributed by atoms with Gasteiger partial charge in [0.2, 0.25) is 0 Å². The first kappa shape index (κ1) is 30.4. The summed E-state index contributed by atoms with van der Waals surface area (Å²) < 4.78 is 0. The van der Waals surface area contributed by atoms with Crippen LogP contribution in [0, 0.1) is 0 Å². The zero-order chi connectivity index (χ0) is 4.12. The number of rotatable bonds is 2. The standard InChI is InChI=1S/C4H10O.K.Li.2H2O/c1-2-3-4-5;;;;/h5H,2-4H2,1H3;;;2*1H2/q;2*+1;;/p-2. The van der Waals surface area contributed by atoms with Crippen LogP contribution in [0.5, 0.6) is 0 Å². The fourth-order valence-corrected chi connectivity index (χ4v) is 0.158. The smallest absolute Gasteiger partial charge is 0.870 e. The van der Waals surface area contributed by atoms with Crippen LogP contribution in [0.2, 0.25) is 0 Å². The first-order valence-electron chi connectivity index (χ1n) is 2.02. The van der Waals surface area contributed by atoms with Crippen LogP contribution in [-0.4, -0.2) is 22.7 Å². The van der Waals surface area contributed by atoms with Gasteiger partial charge < -0.3 is 16.1 Å². The number of hydrogen-bond donors (Lipinski definition) is 1. The Hall–Kier alpha value is 2.11. The minimum absolute atomic E-state index is 0. The quantitative estimate of drug-likeness (QED) is 0.403. The first-order chi connectivity index (χ1) is 2.41. The van der Waals surface area contributed by atoms with Crippen molar-refractivity contribution < 1.29 is 86.3 Å². The molecule has 0 aliphatic rings. The van der Waals surface area contributed by atoms with Crippen molar-refractivity contribution in [3.05, 3.63) is 0 Å². The van der Waals surface area contributed by atoms with Gasteiger partial charge in [0.15, 0.2) is 0 Å². The summed E-state index contributed by atoms with van der Waals surface area (Å²) in [6, 6.07) is 0. The number of aliphatic hydroxyl groups excluding tert-OH is 1. The summed E-state index contributed by atoms with van der Waals surface area (Å²) >= 11 is 0. The summed E-state index contributed by atoms with van der Waals surface area (Å²) in [6.45, 7) is 2.40. The van der Waals surface area contributed by atoms with E-state index < -0.39 is 0 Å². The maximum absolute atomic E-state index is 8.07. The van der Waals surface area contributed by atoms with Crippen molar-refractivity contribution in [3.63, 3.8) is 0 Å². The van der Waals surface area contributed by atoms with Gasteiger partial charge in [0, 0.05) is 6.61 Å². The molecule has 0 radical (unpaired) electrons. The summed E-state index contributed by atoms with van der Waals surface area (Å²) in [6.07, 6.45) is 2.04. The molecule has 0 aromatic carbocycles. The van der Waals surface area contributed by atoms with Gasteiger partial charge in [0.25, 0.3) is 0 Å². The Morgan fingerprint density at radius 3 is 1.56 bits per heavy atom. The normalized spacial score (nSPS) is 4.67. The Balaban J connectivity index is -0.0000000133. The van der Waals surface area contributed by atoms with E-state index in [1.165, 1.54) is 0 Å². The van der Waals surface area contributed by atoms with Crippen LogP contribution >= 0.6 is 0 Å². The predicted octanol–water partition coefficient (Wildman–Crippen LogP) is -5.57. The molecule has 0 heterocycles. The molecule has 3 N–H and O–H groups in total. The van der Waals surface area contributed by atoms with E-state index in [4.69, 9.17) is 5.11 Å². The van der Waals surface area contributed by atoms with Crippen molar-refractivity contribution in [2.75, 3.05) is 6.61 Å². The van der Waals surface area contributed by atoms with Crippen LogP contribution in [0.4, 0.5) is 0 Å². The molecule has 0 amide bonds. The van der Waals surface area contributed by atoms with E-state index in [-0.39, 0.29) is 81.2 Å². The summed E-state index contributed by atoms with van der Waals surface area (Å²) in [5.41, 5.74) is 0. The van der Waals surface area contributed by atoms with Gasteiger partial charge in [0.1, 0.15) is 0 Å². The van der Waals surface area contributed by atoms with Crippen molar-refractivity contribution in [2.24, 2.45) is 0 Å². The van der Waals surface area contributed by atoms with E-state index >= 15 is 0 Å². The van der Waals surface area contributed by atoms with Gasteiger partial charge in [-0.3, -0.25) is 0 Å². The van der Waals surface area contributed by atoms with Crippen molar-refractivity contribution in [1.29, 1.82) is 0 Å². The average molecular weight is 154 g/mol. The molecule has 9 heavy (non-hydrogen) atoms. The number of hydrogen-bond acceptors (Lipinski definition) is 3. The Bertz CT molecular complexity index is 23.3. The Kier molecular flexibility index (Phi) is 109. The minimum atomic E-state index is 0. The van der Waals surface area contributed by atoms with E-state index in [9.17, 15) is 0 Å². The SMILES string of the molecule is CCCCO.[K+].[Li+].[OH-].[OH-]. The molecule has 0 saturated heterocycles. The first-order valence-corrected chi connectivity index (χ1v) is 2.02. The molecule has 0 fully saturated rings. The van der Waals surface area contributed by atoms with Crippen LogP contribution in [-0.2, 0) is 0 Å². The summed E-state index contributed by atoms with van der Waals surface area (Å²) in [5.74, 6) is 0. The van der Waals surface area contributed by atoms with Crippen molar-refractivity contribution in [1.82, 2.24) is 0 Å². The summed E-state index contributed by atoms with van der Waals surface area (Å²) in [7, 11) is 0. The van der Waals surface area contributed by atoms with Crippen molar-refractivity contribution >= 4 is 0 Å². The zero-order valence-electron chi connectivity index (χ0n) is 6.46. The molecule has 0 bridgehead atoms. The van der Waals surface area contributed by atoms with Gasteiger partial charge in [-0.25, -0.2) is 0 Å². The molecule has 0 rings (SSSR count). The number of aliphatic hydroxyl groups is 1. The van der Waals surface area contributed by atoms with Gasteiger partial charge in [-0.05, 0) is 6.42 Å². The molecule has 0 aliphatic carbocycles. The van der Waals surface area contributed by atoms with Gasteiger partial charge in [-0.2, -0.15) is 0 Å². The van der Waals surface area contributed by atoms with E-state index in [0.29, 0.717) is 6.61 Å². The molecule has 0 aromatic heterocycles. The maximum Gasteiger partial charge on any atom is 1.00 e. The Morgan fingerprint density at radius 1 is 1.22 bits per heavy atom. The molecule has 0 saturated carbocycles. The van der Waals surface area contributed by atoms with Crippen LogP contribution in [0.25, 0.3) is 0 Å². The second-order valence-corrected chi connectivity index (χ2v) is 1.08. The van der Waals surface area contributed by atoms with Gasteiger partial charge in [-0.1, -0.05) is 13.3 Å². The van der Waals surface area contributed by atoms with Gasteiger partial charge in [-0.15, -0.1) is 0 Å². The second kappa shape index (κ2) is 32.1. The number of unbranched alkanes of at least 4 members (excludes halogenated alkanes) is 1. The largest absolute Gasteiger partial charge is 1.00 e. The second-order valence-electron chi connectivity index (χ2n) is 1.08. The van der Waals surface area contributed by atoms with Gasteiger partial charge in [0.05, 0.1) is 0 Å². The predicted molar refractivity (Wildman–Crippen MR) is 25.9 cm³/mol. The molecular weight excluding hydrogens is 142 g/mol. The molecule has 0 spiro atoms. The van der Waals surface area contributed by atoms with Crippen LogP contribution in [0.3, 0.4) is 0 Å². The van der Waals surface area contributed by atoms with Crippen molar-refractivity contribution in [3.8, 4) is 0 Å². The van der Waals surface area contributed by atoms with Gasteiger partial charge >= 0.3 is 70.2 Å². The van der Waals surface area contributed by atoms with Crippen LogP contribution in [0.1, 0.15) is 19.8 Å². The molecule has 5 heteroatoms. The monoisotopic (exact) mass is 154 g/mol. The molecular formula is C4H12KLiO3. The molecule has 48 valence electrons. The molecule has 3 nitrogen and oxygen atoms in total. The van der Waals surface area contributed by atoms with Crippen LogP contribution in [0.15, 0.2) is 0 Å². The van der Waals surface area contributed by atoms with Crippen molar-refractivity contribution in [2.45, 2.75) is 19.8 Å². The van der Waals surface area contributed by atoms with E-state index in [0.717, 1.165) is 12.8 Å². The summed E-state index contributed by atoms with van der Waals surface area (Å²) in [4.78, 5) is 0. The fraction of sp³-hybridized carbons (Fsp3) is 1.00. The molecule has 0 atom stereocenters. The molecule has 0 aromatic rings. The third-order valence-corrected chi connectivity index (χ3v) is 0.512. The molecule has 0 unspecified atom stereocenters. The van der Waals surface area contributed by atoms with Crippen LogP contribution < -0.4 is 70.2 Å². The van der Waals surface area contributed by atoms with E-state index in [1.807, 2.05) is 0 Å². The molecule has 0 aliphatic heterocycles. The maximum atomic E-state index is 8.07. The van der Waals surface area contributed by atoms with E-state index in [2.05, 4.69) is 6.92 Å². The minimum Gasteiger partial charge on any atom is -0.870 e. The fourth-order valence-electron chi connectivity index (χ4n) is 0.158.